The molecule has 5 heteroatoms. The number of hydrogen-bond donors (Lipinski definition) is 2. The maximum absolute atomic E-state index is 12.3. The molecule has 3 N–H and O–H groups in total. The van der Waals surface area contributed by atoms with E-state index >= 15 is 0 Å². The molecule has 2 aromatic rings. The van der Waals surface area contributed by atoms with Crippen LogP contribution in [-0.4, -0.2) is 10.5 Å². The van der Waals surface area contributed by atoms with Gasteiger partial charge in [-0.25, -0.2) is 0 Å². The number of nitrogens with two attached hydrogens (primary N) is 1. The lowest BCUT2D eigenvalue weighted by atomic mass is 10.2. The van der Waals surface area contributed by atoms with Crippen molar-refractivity contribution >= 4 is 22.9 Å². The van der Waals surface area contributed by atoms with E-state index in [0.717, 1.165) is 13.0 Å². The van der Waals surface area contributed by atoms with Crippen molar-refractivity contribution in [1.82, 2.24) is 9.88 Å². The van der Waals surface area contributed by atoms with Gasteiger partial charge in [-0.1, -0.05) is 13.0 Å². The SMILES string of the molecule is CCC(NC(=O)c1cc(N)cn1CC)c1cccs1. The summed E-state index contributed by atoms with van der Waals surface area (Å²) in [6.07, 6.45) is 2.66. The molecule has 0 aliphatic heterocycles. The Morgan fingerprint density at radius 1 is 1.53 bits per heavy atom. The van der Waals surface area contributed by atoms with Gasteiger partial charge in [0.15, 0.2) is 0 Å². The summed E-state index contributed by atoms with van der Waals surface area (Å²) in [4.78, 5) is 13.5. The summed E-state index contributed by atoms with van der Waals surface area (Å²) in [5.74, 6) is -0.0706. The zero-order chi connectivity index (χ0) is 13.8. The quantitative estimate of drug-likeness (QED) is 0.882. The highest BCUT2D eigenvalue weighted by Gasteiger charge is 2.17. The number of nitrogen functional groups attached to an aromatic ring is 1. The van der Waals surface area contributed by atoms with Crippen LogP contribution < -0.4 is 11.1 Å². The Bertz CT molecular complexity index is 545. The molecule has 0 aliphatic carbocycles. The van der Waals surface area contributed by atoms with E-state index < -0.39 is 0 Å². The summed E-state index contributed by atoms with van der Waals surface area (Å²) in [5.41, 5.74) is 6.99. The molecule has 0 aromatic carbocycles. The minimum absolute atomic E-state index is 0.0638. The van der Waals surface area contributed by atoms with E-state index in [1.807, 2.05) is 29.0 Å². The molecule has 1 unspecified atom stereocenters. The number of aryl methyl sites for hydroxylation is 1. The largest absolute Gasteiger partial charge is 0.397 e. The first kappa shape index (κ1) is 13.7. The van der Waals surface area contributed by atoms with Crippen LogP contribution >= 0.6 is 11.3 Å². The maximum Gasteiger partial charge on any atom is 0.268 e. The van der Waals surface area contributed by atoms with Crippen LogP contribution in [0.1, 0.15) is 41.7 Å². The topological polar surface area (TPSA) is 60.1 Å². The molecule has 0 spiro atoms. The molecule has 0 aliphatic rings. The van der Waals surface area contributed by atoms with Crippen LogP contribution in [0.3, 0.4) is 0 Å². The van der Waals surface area contributed by atoms with Gasteiger partial charge in [-0.3, -0.25) is 4.79 Å². The van der Waals surface area contributed by atoms with Crippen molar-refractivity contribution in [2.24, 2.45) is 0 Å². The third kappa shape index (κ3) is 2.98. The van der Waals surface area contributed by atoms with Crippen LogP contribution in [0.4, 0.5) is 5.69 Å². The number of aromatic nitrogens is 1. The number of hydrogen-bond acceptors (Lipinski definition) is 3. The Morgan fingerprint density at radius 2 is 2.32 bits per heavy atom. The first-order valence-electron chi connectivity index (χ1n) is 6.45. The highest BCUT2D eigenvalue weighted by atomic mass is 32.1. The second-order valence-corrected chi connectivity index (χ2v) is 5.37. The number of rotatable bonds is 5. The minimum Gasteiger partial charge on any atom is -0.397 e. The van der Waals surface area contributed by atoms with Gasteiger partial charge in [-0.05, 0) is 30.9 Å². The number of nitrogens with zero attached hydrogens (tertiary/aromatic N) is 1. The summed E-state index contributed by atoms with van der Waals surface area (Å²) >= 11 is 1.66. The summed E-state index contributed by atoms with van der Waals surface area (Å²) < 4.78 is 1.87. The molecule has 2 rings (SSSR count). The summed E-state index contributed by atoms with van der Waals surface area (Å²) in [6, 6.07) is 5.84. The molecule has 4 nitrogen and oxygen atoms in total. The van der Waals surface area contributed by atoms with E-state index in [9.17, 15) is 4.79 Å². The van der Waals surface area contributed by atoms with Crippen molar-refractivity contribution in [1.29, 1.82) is 0 Å². The van der Waals surface area contributed by atoms with Gasteiger partial charge in [0.1, 0.15) is 5.69 Å². The third-order valence-corrected chi connectivity index (χ3v) is 4.08. The molecule has 0 saturated heterocycles. The number of carbonyl (C=O) groups is 1. The van der Waals surface area contributed by atoms with Gasteiger partial charge in [0.2, 0.25) is 0 Å². The summed E-state index contributed by atoms with van der Waals surface area (Å²) in [5, 5.41) is 5.09. The third-order valence-electron chi connectivity index (χ3n) is 3.09. The first-order valence-corrected chi connectivity index (χ1v) is 7.33. The second-order valence-electron chi connectivity index (χ2n) is 4.39. The number of nitrogens with one attached hydrogen (secondary N) is 1. The van der Waals surface area contributed by atoms with Crippen molar-refractivity contribution in [2.75, 3.05) is 5.73 Å². The fourth-order valence-corrected chi connectivity index (χ4v) is 2.94. The van der Waals surface area contributed by atoms with Crippen LogP contribution in [-0.2, 0) is 6.54 Å². The van der Waals surface area contributed by atoms with Crippen molar-refractivity contribution < 1.29 is 4.79 Å². The second kappa shape index (κ2) is 5.93. The minimum atomic E-state index is -0.0706. The maximum atomic E-state index is 12.3. The molecule has 1 amide bonds. The number of anilines is 1. The number of carbonyl (C=O) groups excluding carboxylic acids is 1. The summed E-state index contributed by atoms with van der Waals surface area (Å²) in [6.45, 7) is 4.79. The van der Waals surface area contributed by atoms with Crippen LogP contribution in [0.2, 0.25) is 0 Å². The van der Waals surface area contributed by atoms with Crippen LogP contribution in [0.5, 0.6) is 0 Å². The number of amides is 1. The Labute approximate surface area is 117 Å². The van der Waals surface area contributed by atoms with Gasteiger partial charge in [-0.15, -0.1) is 11.3 Å². The molecule has 0 fully saturated rings. The Kier molecular flexibility index (Phi) is 4.27. The molecule has 2 heterocycles. The zero-order valence-corrected chi connectivity index (χ0v) is 12.0. The van der Waals surface area contributed by atoms with E-state index in [4.69, 9.17) is 5.73 Å². The van der Waals surface area contributed by atoms with E-state index in [2.05, 4.69) is 12.2 Å². The molecule has 0 bridgehead atoms. The lowest BCUT2D eigenvalue weighted by Gasteiger charge is -2.16. The molecular formula is C14H19N3OS. The highest BCUT2D eigenvalue weighted by molar-refractivity contribution is 7.10. The monoisotopic (exact) mass is 277 g/mol. The van der Waals surface area contributed by atoms with Gasteiger partial charge in [0.25, 0.3) is 5.91 Å². The smallest absolute Gasteiger partial charge is 0.268 e. The lowest BCUT2D eigenvalue weighted by Crippen LogP contribution is -2.29. The van der Waals surface area contributed by atoms with Crippen molar-refractivity contribution in [3.63, 3.8) is 0 Å². The van der Waals surface area contributed by atoms with Crippen molar-refractivity contribution in [2.45, 2.75) is 32.9 Å². The molecular weight excluding hydrogens is 258 g/mol. The molecule has 2 aromatic heterocycles. The average molecular weight is 277 g/mol. The molecule has 19 heavy (non-hydrogen) atoms. The van der Waals surface area contributed by atoms with Gasteiger partial charge in [0.05, 0.1) is 11.7 Å². The first-order chi connectivity index (χ1) is 9.15. The van der Waals surface area contributed by atoms with Crippen LogP contribution in [0.15, 0.2) is 29.8 Å². The Morgan fingerprint density at radius 3 is 2.89 bits per heavy atom. The van der Waals surface area contributed by atoms with E-state index in [1.165, 1.54) is 4.88 Å². The van der Waals surface area contributed by atoms with Gasteiger partial charge in [0, 0.05) is 17.6 Å². The van der Waals surface area contributed by atoms with Gasteiger partial charge in [-0.2, -0.15) is 0 Å². The fourth-order valence-electron chi connectivity index (χ4n) is 2.08. The predicted octanol–water partition coefficient (Wildman–Crippen LogP) is 3.03. The zero-order valence-electron chi connectivity index (χ0n) is 11.2. The highest BCUT2D eigenvalue weighted by Crippen LogP contribution is 2.22. The van der Waals surface area contributed by atoms with Crippen molar-refractivity contribution in [3.05, 3.63) is 40.3 Å². The Balaban J connectivity index is 2.15. The number of thiophene rings is 1. The predicted molar refractivity (Wildman–Crippen MR) is 79.3 cm³/mol. The Hall–Kier alpha value is -1.75. The molecule has 1 atom stereocenters. The van der Waals surface area contributed by atoms with E-state index in [0.29, 0.717) is 11.4 Å². The fraction of sp³-hybridized carbons (Fsp3) is 0.357. The standard InChI is InChI=1S/C14H19N3OS/c1-3-11(13-6-5-7-19-13)16-14(18)12-8-10(15)9-17(12)4-2/h5-9,11H,3-4,15H2,1-2H3,(H,16,18). The van der Waals surface area contributed by atoms with Gasteiger partial charge >= 0.3 is 0 Å². The van der Waals surface area contributed by atoms with E-state index in [-0.39, 0.29) is 11.9 Å². The molecule has 102 valence electrons. The normalized spacial score (nSPS) is 12.3. The van der Waals surface area contributed by atoms with Gasteiger partial charge < -0.3 is 15.6 Å². The lowest BCUT2D eigenvalue weighted by molar-refractivity contribution is 0.0927. The average Bonchev–Trinajstić information content (AvgIpc) is 3.04. The molecule has 0 radical (unpaired) electrons. The van der Waals surface area contributed by atoms with E-state index in [1.54, 1.807) is 23.6 Å². The van der Waals surface area contributed by atoms with Crippen LogP contribution in [0.25, 0.3) is 0 Å². The van der Waals surface area contributed by atoms with Crippen LogP contribution in [0, 0.1) is 0 Å². The summed E-state index contributed by atoms with van der Waals surface area (Å²) in [7, 11) is 0. The van der Waals surface area contributed by atoms with Crippen molar-refractivity contribution in [3.8, 4) is 0 Å². The molecule has 0 saturated carbocycles.